The normalized spacial score (nSPS) is 10.5. The first-order chi connectivity index (χ1) is 7.16. The van der Waals surface area contributed by atoms with E-state index in [1.165, 1.54) is 30.2 Å². The number of anilines is 1. The van der Waals surface area contributed by atoms with Crippen LogP contribution in [0, 0.1) is 5.82 Å². The van der Waals surface area contributed by atoms with E-state index in [0.717, 1.165) is 0 Å². The van der Waals surface area contributed by atoms with Crippen LogP contribution in [0.3, 0.4) is 0 Å². The maximum atomic E-state index is 13.1. The van der Waals surface area contributed by atoms with Gasteiger partial charge in [-0.3, -0.25) is 5.10 Å². The maximum absolute atomic E-state index is 13.1. The second-order valence-corrected chi connectivity index (χ2v) is 4.13. The van der Waals surface area contributed by atoms with Crippen molar-refractivity contribution in [2.24, 2.45) is 0 Å². The molecule has 4 nitrogen and oxygen atoms in total. The highest BCUT2D eigenvalue weighted by Gasteiger charge is 2.08. The lowest BCUT2D eigenvalue weighted by molar-refractivity contribution is 0.625. The highest BCUT2D eigenvalue weighted by atomic mass is 35.5. The van der Waals surface area contributed by atoms with Crippen LogP contribution in [0.4, 0.5) is 10.1 Å². The summed E-state index contributed by atoms with van der Waals surface area (Å²) in [5, 5.41) is 6.86. The third-order valence-corrected chi connectivity index (χ3v) is 2.91. The van der Waals surface area contributed by atoms with Gasteiger partial charge in [0.1, 0.15) is 12.1 Å². The van der Waals surface area contributed by atoms with Crippen LogP contribution < -0.4 is 5.73 Å². The summed E-state index contributed by atoms with van der Waals surface area (Å²) in [6.07, 6.45) is 1.37. The molecule has 1 aromatic carbocycles. The van der Waals surface area contributed by atoms with Gasteiger partial charge in [0, 0.05) is 10.6 Å². The predicted octanol–water partition coefficient (Wildman–Crippen LogP) is 2.33. The van der Waals surface area contributed by atoms with E-state index < -0.39 is 5.82 Å². The van der Waals surface area contributed by atoms with Crippen LogP contribution in [0.1, 0.15) is 0 Å². The smallest absolute Gasteiger partial charge is 0.188 e. The van der Waals surface area contributed by atoms with Crippen LogP contribution in [0.2, 0.25) is 5.02 Å². The molecule has 2 aromatic rings. The van der Waals surface area contributed by atoms with Gasteiger partial charge in [0.05, 0.1) is 5.02 Å². The largest absolute Gasteiger partial charge is 0.398 e. The predicted molar refractivity (Wildman–Crippen MR) is 56.3 cm³/mol. The van der Waals surface area contributed by atoms with E-state index in [9.17, 15) is 4.39 Å². The van der Waals surface area contributed by atoms with Gasteiger partial charge in [-0.2, -0.15) is 5.10 Å². The second kappa shape index (κ2) is 4.08. The summed E-state index contributed by atoms with van der Waals surface area (Å²) in [5.74, 6) is -0.507. The van der Waals surface area contributed by atoms with Crippen molar-refractivity contribution in [3.05, 3.63) is 29.3 Å². The molecule has 0 spiro atoms. The molecule has 1 heterocycles. The molecule has 0 saturated carbocycles. The van der Waals surface area contributed by atoms with E-state index in [1.54, 1.807) is 0 Å². The molecular weight excluding hydrogens is 239 g/mol. The van der Waals surface area contributed by atoms with Gasteiger partial charge in [0.15, 0.2) is 5.16 Å². The third-order valence-electron chi connectivity index (χ3n) is 1.65. The quantitative estimate of drug-likeness (QED) is 0.796. The number of H-pyrrole nitrogens is 1. The minimum absolute atomic E-state index is 0.00872. The van der Waals surface area contributed by atoms with Gasteiger partial charge >= 0.3 is 0 Å². The molecular formula is C8H6ClFN4S. The molecule has 0 aliphatic heterocycles. The average molecular weight is 245 g/mol. The Morgan fingerprint density at radius 1 is 1.47 bits per heavy atom. The fourth-order valence-corrected chi connectivity index (χ4v) is 1.90. The fourth-order valence-electron chi connectivity index (χ4n) is 0.980. The number of benzene rings is 1. The monoisotopic (exact) mass is 244 g/mol. The minimum Gasteiger partial charge on any atom is -0.398 e. The Labute approximate surface area is 94.0 Å². The lowest BCUT2D eigenvalue weighted by Gasteiger charge is -2.04. The molecule has 2 rings (SSSR count). The fraction of sp³-hybridized carbons (Fsp3) is 0. The SMILES string of the molecule is Nc1cc(Cl)c(F)cc1Sc1ncn[nH]1. The Bertz CT molecular complexity index is 474. The zero-order valence-corrected chi connectivity index (χ0v) is 8.94. The van der Waals surface area contributed by atoms with Crippen molar-refractivity contribution in [1.29, 1.82) is 0 Å². The molecule has 78 valence electrons. The molecule has 0 aliphatic rings. The zero-order valence-electron chi connectivity index (χ0n) is 7.37. The highest BCUT2D eigenvalue weighted by Crippen LogP contribution is 2.32. The van der Waals surface area contributed by atoms with E-state index in [0.29, 0.717) is 15.7 Å². The summed E-state index contributed by atoms with van der Waals surface area (Å²) < 4.78 is 13.1. The third kappa shape index (κ3) is 2.21. The molecule has 0 fully saturated rings. The van der Waals surface area contributed by atoms with Crippen LogP contribution in [0.15, 0.2) is 28.5 Å². The van der Waals surface area contributed by atoms with E-state index in [2.05, 4.69) is 15.2 Å². The Balaban J connectivity index is 2.33. The Morgan fingerprint density at radius 3 is 2.93 bits per heavy atom. The van der Waals surface area contributed by atoms with Crippen LogP contribution in [-0.2, 0) is 0 Å². The number of hydrogen-bond acceptors (Lipinski definition) is 4. The molecule has 1 aromatic heterocycles. The number of nitrogens with zero attached hydrogens (tertiary/aromatic N) is 2. The van der Waals surface area contributed by atoms with Gasteiger partial charge in [-0.25, -0.2) is 9.37 Å². The van der Waals surface area contributed by atoms with Crippen molar-refractivity contribution in [2.45, 2.75) is 10.1 Å². The molecule has 3 N–H and O–H groups in total. The number of hydrogen-bond donors (Lipinski definition) is 2. The van der Waals surface area contributed by atoms with E-state index in [1.807, 2.05) is 0 Å². The molecule has 0 bridgehead atoms. The van der Waals surface area contributed by atoms with E-state index in [4.69, 9.17) is 17.3 Å². The number of nitrogens with two attached hydrogens (primary N) is 1. The second-order valence-electron chi connectivity index (χ2n) is 2.70. The topological polar surface area (TPSA) is 67.6 Å². The zero-order chi connectivity index (χ0) is 10.8. The van der Waals surface area contributed by atoms with Gasteiger partial charge in [-0.1, -0.05) is 11.6 Å². The first kappa shape index (κ1) is 10.3. The van der Waals surface area contributed by atoms with Gasteiger partial charge in [0.25, 0.3) is 0 Å². The van der Waals surface area contributed by atoms with Crippen molar-refractivity contribution < 1.29 is 4.39 Å². The van der Waals surface area contributed by atoms with E-state index in [-0.39, 0.29) is 5.02 Å². The summed E-state index contributed by atoms with van der Waals surface area (Å²) in [6, 6.07) is 2.64. The molecule has 0 atom stereocenters. The number of nitrogens with one attached hydrogen (secondary N) is 1. The lowest BCUT2D eigenvalue weighted by atomic mass is 10.3. The Hall–Kier alpha value is -1.27. The Morgan fingerprint density at radius 2 is 2.27 bits per heavy atom. The number of aromatic amines is 1. The van der Waals surface area contributed by atoms with Gasteiger partial charge in [0.2, 0.25) is 0 Å². The molecule has 15 heavy (non-hydrogen) atoms. The standard InChI is InChI=1S/C8H6ClFN4S/c9-4-1-6(11)7(2-5(4)10)15-8-12-3-13-14-8/h1-3H,11H2,(H,12,13,14). The summed E-state index contributed by atoms with van der Waals surface area (Å²) in [7, 11) is 0. The van der Waals surface area contributed by atoms with Gasteiger partial charge in [-0.05, 0) is 23.9 Å². The van der Waals surface area contributed by atoms with Crippen molar-refractivity contribution >= 4 is 29.1 Å². The van der Waals surface area contributed by atoms with Crippen molar-refractivity contribution in [3.63, 3.8) is 0 Å². The summed E-state index contributed by atoms with van der Waals surface area (Å²) in [4.78, 5) is 4.44. The first-order valence-corrected chi connectivity index (χ1v) is 5.14. The average Bonchev–Trinajstić information content (AvgIpc) is 2.67. The summed E-state index contributed by atoms with van der Waals surface area (Å²) in [5.41, 5.74) is 6.08. The molecule has 7 heteroatoms. The Kier molecular flexibility index (Phi) is 2.79. The first-order valence-electron chi connectivity index (χ1n) is 3.94. The number of nitrogen functional groups attached to an aromatic ring is 1. The van der Waals surface area contributed by atoms with Gasteiger partial charge in [-0.15, -0.1) is 0 Å². The van der Waals surface area contributed by atoms with Crippen molar-refractivity contribution in [1.82, 2.24) is 15.2 Å². The van der Waals surface area contributed by atoms with Crippen molar-refractivity contribution in [3.8, 4) is 0 Å². The minimum atomic E-state index is -0.507. The lowest BCUT2D eigenvalue weighted by Crippen LogP contribution is -1.91. The van der Waals surface area contributed by atoms with Crippen LogP contribution in [-0.4, -0.2) is 15.2 Å². The molecule has 0 saturated heterocycles. The molecule has 0 radical (unpaired) electrons. The molecule has 0 unspecified atom stereocenters. The number of aromatic nitrogens is 3. The van der Waals surface area contributed by atoms with Crippen molar-refractivity contribution in [2.75, 3.05) is 5.73 Å². The highest BCUT2D eigenvalue weighted by molar-refractivity contribution is 7.99. The summed E-state index contributed by atoms with van der Waals surface area (Å²) >= 11 is 6.76. The van der Waals surface area contributed by atoms with Crippen LogP contribution >= 0.6 is 23.4 Å². The molecule has 0 aliphatic carbocycles. The number of rotatable bonds is 2. The van der Waals surface area contributed by atoms with Crippen LogP contribution in [0.25, 0.3) is 0 Å². The summed E-state index contributed by atoms with van der Waals surface area (Å²) in [6.45, 7) is 0. The van der Waals surface area contributed by atoms with Crippen LogP contribution in [0.5, 0.6) is 0 Å². The number of halogens is 2. The molecule has 0 amide bonds. The van der Waals surface area contributed by atoms with E-state index >= 15 is 0 Å². The van der Waals surface area contributed by atoms with Gasteiger partial charge < -0.3 is 5.73 Å². The maximum Gasteiger partial charge on any atom is 0.188 e.